The molecule has 0 spiro atoms. The van der Waals surface area contributed by atoms with E-state index in [-0.39, 0.29) is 30.6 Å². The standard InChI is InChI=1S/C24H30N6O3/c1-17(2)15-21(24(33)27-19-11-7-4-8-12-19)28-23(32)20(29-30-25)13-14-26-16-22(31)18-9-5-3-6-10-18/h3-12,17,20-21,26H,13-16H2,1-2H3,(H,27,33)(H,28,32)/t20-,21-/m0/s1. The fraction of sp³-hybridized carbons (Fsp3) is 0.375. The van der Waals surface area contributed by atoms with E-state index in [0.717, 1.165) is 0 Å². The van der Waals surface area contributed by atoms with E-state index in [0.29, 0.717) is 24.2 Å². The highest BCUT2D eigenvalue weighted by molar-refractivity contribution is 5.98. The molecule has 2 amide bonds. The summed E-state index contributed by atoms with van der Waals surface area (Å²) in [7, 11) is 0. The number of hydrogen-bond acceptors (Lipinski definition) is 5. The molecule has 174 valence electrons. The molecule has 0 aromatic heterocycles. The number of amides is 2. The molecule has 0 aliphatic heterocycles. The first kappa shape index (κ1) is 25.6. The quantitative estimate of drug-likeness (QED) is 0.141. The van der Waals surface area contributed by atoms with Crippen molar-refractivity contribution in [3.63, 3.8) is 0 Å². The third kappa shape index (κ3) is 9.14. The number of carbonyl (C=O) groups excluding carboxylic acids is 3. The molecule has 9 nitrogen and oxygen atoms in total. The smallest absolute Gasteiger partial charge is 0.246 e. The molecule has 33 heavy (non-hydrogen) atoms. The maximum absolute atomic E-state index is 12.8. The number of ketones is 1. The van der Waals surface area contributed by atoms with Gasteiger partial charge < -0.3 is 16.0 Å². The lowest BCUT2D eigenvalue weighted by Crippen LogP contribution is -2.48. The van der Waals surface area contributed by atoms with Crippen molar-refractivity contribution in [3.05, 3.63) is 76.7 Å². The molecule has 0 saturated carbocycles. The van der Waals surface area contributed by atoms with E-state index < -0.39 is 18.0 Å². The highest BCUT2D eigenvalue weighted by Crippen LogP contribution is 2.11. The molecule has 0 radical (unpaired) electrons. The van der Waals surface area contributed by atoms with Gasteiger partial charge in [0.25, 0.3) is 0 Å². The van der Waals surface area contributed by atoms with Crippen LogP contribution < -0.4 is 16.0 Å². The number of azide groups is 1. The van der Waals surface area contributed by atoms with E-state index >= 15 is 0 Å². The van der Waals surface area contributed by atoms with Crippen molar-refractivity contribution in [3.8, 4) is 0 Å². The van der Waals surface area contributed by atoms with Gasteiger partial charge in [-0.15, -0.1) is 0 Å². The second-order valence-corrected chi connectivity index (χ2v) is 8.02. The molecule has 0 bridgehead atoms. The van der Waals surface area contributed by atoms with Gasteiger partial charge in [-0.1, -0.05) is 67.5 Å². The largest absolute Gasteiger partial charge is 0.344 e. The molecule has 2 atom stereocenters. The average molecular weight is 451 g/mol. The van der Waals surface area contributed by atoms with Crippen LogP contribution in [-0.2, 0) is 9.59 Å². The number of para-hydroxylation sites is 1. The lowest BCUT2D eigenvalue weighted by atomic mass is 10.0. The predicted molar refractivity (Wildman–Crippen MR) is 128 cm³/mol. The Hall–Kier alpha value is -3.68. The minimum atomic E-state index is -1.01. The molecule has 0 aliphatic rings. The van der Waals surface area contributed by atoms with Gasteiger partial charge in [0, 0.05) is 16.2 Å². The maximum atomic E-state index is 12.8. The lowest BCUT2D eigenvalue weighted by Gasteiger charge is -2.22. The van der Waals surface area contributed by atoms with Crippen molar-refractivity contribution in [2.75, 3.05) is 18.4 Å². The van der Waals surface area contributed by atoms with Crippen LogP contribution in [0.4, 0.5) is 5.69 Å². The van der Waals surface area contributed by atoms with Crippen LogP contribution in [0.5, 0.6) is 0 Å². The highest BCUT2D eigenvalue weighted by atomic mass is 16.2. The number of Topliss-reactive ketones (excluding diaryl/α,β-unsaturated/α-hetero) is 1. The number of hydrogen-bond donors (Lipinski definition) is 3. The second kappa shape index (κ2) is 13.7. The first-order chi connectivity index (χ1) is 15.9. The molecular formula is C24H30N6O3. The average Bonchev–Trinajstić information content (AvgIpc) is 2.81. The molecule has 0 heterocycles. The Labute approximate surface area is 193 Å². The summed E-state index contributed by atoms with van der Waals surface area (Å²) in [6.07, 6.45) is 0.615. The molecule has 0 aliphatic carbocycles. The molecule has 2 aromatic carbocycles. The van der Waals surface area contributed by atoms with Crippen molar-refractivity contribution < 1.29 is 14.4 Å². The molecule has 3 N–H and O–H groups in total. The summed E-state index contributed by atoms with van der Waals surface area (Å²) in [6.45, 7) is 4.30. The van der Waals surface area contributed by atoms with E-state index in [1.54, 1.807) is 48.5 Å². The number of rotatable bonds is 13. The van der Waals surface area contributed by atoms with Crippen LogP contribution in [0.1, 0.15) is 37.0 Å². The molecule has 9 heteroatoms. The van der Waals surface area contributed by atoms with E-state index in [2.05, 4.69) is 26.0 Å². The van der Waals surface area contributed by atoms with E-state index in [4.69, 9.17) is 5.53 Å². The van der Waals surface area contributed by atoms with Gasteiger partial charge in [0.1, 0.15) is 12.1 Å². The number of benzene rings is 2. The Morgan fingerprint density at radius 3 is 2.21 bits per heavy atom. The molecular weight excluding hydrogens is 420 g/mol. The Morgan fingerprint density at radius 2 is 1.61 bits per heavy atom. The van der Waals surface area contributed by atoms with Crippen LogP contribution in [0.3, 0.4) is 0 Å². The number of anilines is 1. The van der Waals surface area contributed by atoms with E-state index in [1.165, 1.54) is 0 Å². The Morgan fingerprint density at radius 1 is 0.970 bits per heavy atom. The third-order valence-corrected chi connectivity index (χ3v) is 4.85. The minimum absolute atomic E-state index is 0.0741. The van der Waals surface area contributed by atoms with Crippen molar-refractivity contribution >= 4 is 23.3 Å². The Balaban J connectivity index is 1.92. The van der Waals surface area contributed by atoms with Gasteiger partial charge in [-0.05, 0) is 43.0 Å². The summed E-state index contributed by atoms with van der Waals surface area (Å²) >= 11 is 0. The zero-order chi connectivity index (χ0) is 24.1. The summed E-state index contributed by atoms with van der Waals surface area (Å²) in [4.78, 5) is 40.5. The van der Waals surface area contributed by atoms with Gasteiger partial charge in [-0.3, -0.25) is 14.4 Å². The van der Waals surface area contributed by atoms with Crippen molar-refractivity contribution in [2.24, 2.45) is 11.0 Å². The van der Waals surface area contributed by atoms with Crippen molar-refractivity contribution in [1.29, 1.82) is 0 Å². The van der Waals surface area contributed by atoms with E-state index in [9.17, 15) is 14.4 Å². The second-order valence-electron chi connectivity index (χ2n) is 8.02. The maximum Gasteiger partial charge on any atom is 0.246 e. The van der Waals surface area contributed by atoms with Crippen molar-refractivity contribution in [1.82, 2.24) is 10.6 Å². The third-order valence-electron chi connectivity index (χ3n) is 4.85. The molecule has 2 aromatic rings. The molecule has 2 rings (SSSR count). The summed E-state index contributed by atoms with van der Waals surface area (Å²) in [5.74, 6) is -0.789. The monoisotopic (exact) mass is 450 g/mol. The van der Waals surface area contributed by atoms with Crippen LogP contribution >= 0.6 is 0 Å². The van der Waals surface area contributed by atoms with Crippen LogP contribution in [-0.4, -0.2) is 42.8 Å². The minimum Gasteiger partial charge on any atom is -0.344 e. The highest BCUT2D eigenvalue weighted by Gasteiger charge is 2.26. The summed E-state index contributed by atoms with van der Waals surface area (Å²) in [6, 6.07) is 16.1. The fourth-order valence-corrected chi connectivity index (χ4v) is 3.19. The van der Waals surface area contributed by atoms with Crippen LogP contribution in [0, 0.1) is 5.92 Å². The lowest BCUT2D eigenvalue weighted by molar-refractivity contribution is -0.127. The van der Waals surface area contributed by atoms with Crippen LogP contribution in [0.25, 0.3) is 10.4 Å². The molecule has 0 unspecified atom stereocenters. The summed E-state index contributed by atoms with van der Waals surface area (Å²) in [5, 5.41) is 12.1. The number of nitrogens with one attached hydrogen (secondary N) is 3. The topological polar surface area (TPSA) is 136 Å². The van der Waals surface area contributed by atoms with Gasteiger partial charge in [-0.25, -0.2) is 0 Å². The first-order valence-electron chi connectivity index (χ1n) is 10.9. The summed E-state index contributed by atoms with van der Waals surface area (Å²) in [5.41, 5.74) is 10.1. The Kier molecular flexibility index (Phi) is 10.6. The number of carbonyl (C=O) groups is 3. The van der Waals surface area contributed by atoms with Crippen LogP contribution in [0.15, 0.2) is 65.8 Å². The Bertz CT molecular complexity index is 959. The van der Waals surface area contributed by atoms with Gasteiger partial charge in [0.2, 0.25) is 11.8 Å². The van der Waals surface area contributed by atoms with Gasteiger partial charge in [-0.2, -0.15) is 0 Å². The van der Waals surface area contributed by atoms with Gasteiger partial charge in [0.05, 0.1) is 6.54 Å². The number of nitrogens with zero attached hydrogens (tertiary/aromatic N) is 3. The van der Waals surface area contributed by atoms with Crippen molar-refractivity contribution in [2.45, 2.75) is 38.8 Å². The fourth-order valence-electron chi connectivity index (χ4n) is 3.19. The normalized spacial score (nSPS) is 12.3. The zero-order valence-corrected chi connectivity index (χ0v) is 18.9. The van der Waals surface area contributed by atoms with E-state index in [1.807, 2.05) is 26.0 Å². The van der Waals surface area contributed by atoms with Crippen LogP contribution in [0.2, 0.25) is 0 Å². The molecule has 0 saturated heterocycles. The predicted octanol–water partition coefficient (Wildman–Crippen LogP) is 3.70. The molecule has 0 fully saturated rings. The first-order valence-corrected chi connectivity index (χ1v) is 10.9. The van der Waals surface area contributed by atoms with Gasteiger partial charge in [0.15, 0.2) is 5.78 Å². The summed E-state index contributed by atoms with van der Waals surface area (Å²) < 4.78 is 0. The van der Waals surface area contributed by atoms with Gasteiger partial charge >= 0.3 is 0 Å². The zero-order valence-electron chi connectivity index (χ0n) is 18.9. The SMILES string of the molecule is CC(C)C[C@H](NC(=O)[C@H](CCNCC(=O)c1ccccc1)N=[N+]=[N-])C(=O)Nc1ccccc1.